The standard InChI is InChI=1S/C21H32O4/c1-14-12-15(22)17-18(2,3)8-7-9-20(17,5)21(14)11-10-19(4,25-21)13-16(23)24-6/h12,17H,7-11,13H2,1-6H3/t17-,19+,20-,21+/m0/s1. The number of carbonyl (C=O) groups excluding carboxylic acids is 2. The van der Waals surface area contributed by atoms with Crippen LogP contribution in [-0.4, -0.2) is 30.1 Å². The average Bonchev–Trinajstić information content (AvgIpc) is 2.84. The Morgan fingerprint density at radius 2 is 1.88 bits per heavy atom. The van der Waals surface area contributed by atoms with Crippen molar-refractivity contribution >= 4 is 11.8 Å². The van der Waals surface area contributed by atoms with Gasteiger partial charge in [0, 0.05) is 11.3 Å². The Hall–Kier alpha value is -1.16. The Morgan fingerprint density at radius 1 is 1.20 bits per heavy atom. The summed E-state index contributed by atoms with van der Waals surface area (Å²) in [6, 6.07) is 0. The number of esters is 1. The molecule has 1 aliphatic heterocycles. The smallest absolute Gasteiger partial charge is 0.308 e. The second-order valence-corrected chi connectivity index (χ2v) is 9.55. The molecule has 1 heterocycles. The molecule has 4 heteroatoms. The van der Waals surface area contributed by atoms with Gasteiger partial charge in [-0.25, -0.2) is 0 Å². The largest absolute Gasteiger partial charge is 0.469 e. The van der Waals surface area contributed by atoms with Crippen LogP contribution in [0.2, 0.25) is 0 Å². The molecule has 3 rings (SSSR count). The van der Waals surface area contributed by atoms with Crippen molar-refractivity contribution < 1.29 is 19.1 Å². The summed E-state index contributed by atoms with van der Waals surface area (Å²) in [6.07, 6.45) is 6.93. The second kappa shape index (κ2) is 5.67. The van der Waals surface area contributed by atoms with Gasteiger partial charge in [-0.05, 0) is 56.6 Å². The summed E-state index contributed by atoms with van der Waals surface area (Å²) in [5.41, 5.74) is -0.205. The molecular formula is C21H32O4. The zero-order chi connectivity index (χ0) is 18.7. The molecule has 4 nitrogen and oxygen atoms in total. The number of methoxy groups -OCH3 is 1. The average molecular weight is 348 g/mol. The highest BCUT2D eigenvalue weighted by molar-refractivity contribution is 5.95. The maximum absolute atomic E-state index is 13.0. The van der Waals surface area contributed by atoms with Crippen LogP contribution in [-0.2, 0) is 19.1 Å². The summed E-state index contributed by atoms with van der Waals surface area (Å²) in [5, 5.41) is 0. The SMILES string of the molecule is COC(=O)C[C@@]1(C)CC[C@@]2(O1)C(C)=CC(=O)[C@H]1C(C)(C)CCC[C@@]12C. The van der Waals surface area contributed by atoms with Crippen molar-refractivity contribution in [3.63, 3.8) is 0 Å². The van der Waals surface area contributed by atoms with Crippen molar-refractivity contribution in [2.24, 2.45) is 16.7 Å². The van der Waals surface area contributed by atoms with Gasteiger partial charge in [-0.3, -0.25) is 9.59 Å². The van der Waals surface area contributed by atoms with Crippen molar-refractivity contribution in [1.82, 2.24) is 0 Å². The van der Waals surface area contributed by atoms with Crippen molar-refractivity contribution in [2.75, 3.05) is 7.11 Å². The molecule has 140 valence electrons. The Morgan fingerprint density at radius 3 is 2.52 bits per heavy atom. The highest BCUT2D eigenvalue weighted by Gasteiger charge is 2.66. The van der Waals surface area contributed by atoms with Gasteiger partial charge in [-0.1, -0.05) is 27.2 Å². The minimum absolute atomic E-state index is 0.0288. The highest BCUT2D eigenvalue weighted by Crippen LogP contribution is 2.65. The van der Waals surface area contributed by atoms with Gasteiger partial charge in [0.2, 0.25) is 0 Å². The molecule has 2 fully saturated rings. The minimum Gasteiger partial charge on any atom is -0.469 e. The fourth-order valence-electron chi connectivity index (χ4n) is 6.21. The molecule has 0 N–H and O–H groups in total. The quantitative estimate of drug-likeness (QED) is 0.701. The summed E-state index contributed by atoms with van der Waals surface area (Å²) in [4.78, 5) is 24.9. The van der Waals surface area contributed by atoms with Crippen LogP contribution >= 0.6 is 0 Å². The highest BCUT2D eigenvalue weighted by atomic mass is 16.5. The van der Waals surface area contributed by atoms with Crippen LogP contribution in [0.25, 0.3) is 0 Å². The van der Waals surface area contributed by atoms with Crippen LogP contribution < -0.4 is 0 Å². The number of fused-ring (bicyclic) bond motifs is 2. The van der Waals surface area contributed by atoms with E-state index in [9.17, 15) is 9.59 Å². The topological polar surface area (TPSA) is 52.6 Å². The molecule has 1 saturated heterocycles. The van der Waals surface area contributed by atoms with Gasteiger partial charge in [0.15, 0.2) is 5.78 Å². The van der Waals surface area contributed by atoms with Crippen molar-refractivity contribution in [3.8, 4) is 0 Å². The zero-order valence-corrected chi connectivity index (χ0v) is 16.5. The lowest BCUT2D eigenvalue weighted by atomic mass is 9.46. The van der Waals surface area contributed by atoms with E-state index in [1.165, 1.54) is 7.11 Å². The number of ketones is 1. The minimum atomic E-state index is -0.530. The first kappa shape index (κ1) is 18.6. The van der Waals surface area contributed by atoms with E-state index in [4.69, 9.17) is 9.47 Å². The summed E-state index contributed by atoms with van der Waals surface area (Å²) < 4.78 is 11.6. The van der Waals surface area contributed by atoms with E-state index in [0.717, 1.165) is 37.7 Å². The second-order valence-electron chi connectivity index (χ2n) is 9.55. The van der Waals surface area contributed by atoms with E-state index < -0.39 is 11.2 Å². The normalized spacial score (nSPS) is 42.9. The molecule has 2 aliphatic carbocycles. The first-order valence-electron chi connectivity index (χ1n) is 9.49. The predicted molar refractivity (Wildman–Crippen MR) is 96.1 cm³/mol. The molecule has 1 spiro atoms. The maximum Gasteiger partial charge on any atom is 0.308 e. The van der Waals surface area contributed by atoms with Crippen LogP contribution in [0.4, 0.5) is 0 Å². The third-order valence-electron chi connectivity index (χ3n) is 7.31. The van der Waals surface area contributed by atoms with E-state index in [1.54, 1.807) is 0 Å². The number of allylic oxidation sites excluding steroid dienone is 1. The van der Waals surface area contributed by atoms with Gasteiger partial charge >= 0.3 is 5.97 Å². The van der Waals surface area contributed by atoms with E-state index in [-0.39, 0.29) is 34.9 Å². The van der Waals surface area contributed by atoms with Crippen LogP contribution in [0, 0.1) is 16.7 Å². The van der Waals surface area contributed by atoms with Gasteiger partial charge < -0.3 is 9.47 Å². The lowest BCUT2D eigenvalue weighted by molar-refractivity contribution is -0.194. The molecule has 4 atom stereocenters. The Kier molecular flexibility index (Phi) is 4.22. The number of hydrogen-bond acceptors (Lipinski definition) is 4. The Bertz CT molecular complexity index is 634. The number of carbonyl (C=O) groups is 2. The lowest BCUT2D eigenvalue weighted by Crippen LogP contribution is -2.62. The van der Waals surface area contributed by atoms with Crippen LogP contribution in [0.1, 0.15) is 73.1 Å². The monoisotopic (exact) mass is 348 g/mol. The van der Waals surface area contributed by atoms with E-state index in [2.05, 4.69) is 20.8 Å². The third kappa shape index (κ3) is 2.59. The molecule has 0 aromatic heterocycles. The molecule has 0 amide bonds. The summed E-state index contributed by atoms with van der Waals surface area (Å²) in [6.45, 7) is 10.7. The predicted octanol–water partition coefficient (Wildman–Crippen LogP) is 4.22. The van der Waals surface area contributed by atoms with Gasteiger partial charge in [0.25, 0.3) is 0 Å². The fraction of sp³-hybridized carbons (Fsp3) is 0.810. The maximum atomic E-state index is 13.0. The molecule has 0 unspecified atom stereocenters. The number of rotatable bonds is 2. The van der Waals surface area contributed by atoms with Crippen LogP contribution in [0.3, 0.4) is 0 Å². The molecule has 0 aromatic carbocycles. The molecular weight excluding hydrogens is 316 g/mol. The third-order valence-corrected chi connectivity index (χ3v) is 7.31. The Labute approximate surface area is 151 Å². The van der Waals surface area contributed by atoms with Crippen LogP contribution in [0.15, 0.2) is 11.6 Å². The van der Waals surface area contributed by atoms with Gasteiger partial charge in [-0.15, -0.1) is 0 Å². The first-order valence-corrected chi connectivity index (χ1v) is 9.49. The molecule has 0 bridgehead atoms. The van der Waals surface area contributed by atoms with E-state index in [0.29, 0.717) is 0 Å². The van der Waals surface area contributed by atoms with Gasteiger partial charge in [-0.2, -0.15) is 0 Å². The van der Waals surface area contributed by atoms with E-state index >= 15 is 0 Å². The summed E-state index contributed by atoms with van der Waals surface area (Å²) >= 11 is 0. The lowest BCUT2D eigenvalue weighted by Gasteiger charge is -2.60. The summed E-state index contributed by atoms with van der Waals surface area (Å²) in [5.74, 6) is -0.0165. The molecule has 0 radical (unpaired) electrons. The number of hydrogen-bond donors (Lipinski definition) is 0. The van der Waals surface area contributed by atoms with Crippen LogP contribution in [0.5, 0.6) is 0 Å². The number of ether oxygens (including phenoxy) is 2. The molecule has 0 aromatic rings. The fourth-order valence-corrected chi connectivity index (χ4v) is 6.21. The van der Waals surface area contributed by atoms with Crippen molar-refractivity contribution in [2.45, 2.75) is 84.3 Å². The van der Waals surface area contributed by atoms with Crippen molar-refractivity contribution in [3.05, 3.63) is 11.6 Å². The summed E-state index contributed by atoms with van der Waals surface area (Å²) in [7, 11) is 1.42. The van der Waals surface area contributed by atoms with Gasteiger partial charge in [0.05, 0.1) is 24.7 Å². The molecule has 25 heavy (non-hydrogen) atoms. The van der Waals surface area contributed by atoms with Crippen molar-refractivity contribution in [1.29, 1.82) is 0 Å². The molecule has 1 saturated carbocycles. The Balaban J connectivity index is 2.05. The van der Waals surface area contributed by atoms with Gasteiger partial charge in [0.1, 0.15) is 0 Å². The van der Waals surface area contributed by atoms with E-state index in [1.807, 2.05) is 19.9 Å². The molecule has 3 aliphatic rings. The first-order chi connectivity index (χ1) is 11.5. The zero-order valence-electron chi connectivity index (χ0n) is 16.5.